The molecule has 1 saturated heterocycles. The van der Waals surface area contributed by atoms with Crippen LogP contribution in [0.25, 0.3) is 0 Å². The lowest BCUT2D eigenvalue weighted by atomic mass is 9.82. The lowest BCUT2D eigenvalue weighted by Crippen LogP contribution is -2.66. The molecule has 1 heterocycles. The summed E-state index contributed by atoms with van der Waals surface area (Å²) in [6.45, 7) is 14.1. The highest BCUT2D eigenvalue weighted by molar-refractivity contribution is 5.97. The van der Waals surface area contributed by atoms with Gasteiger partial charge in [-0.2, -0.15) is 0 Å². The fraction of sp³-hybridized carbons (Fsp3) is 0.733. The van der Waals surface area contributed by atoms with E-state index in [2.05, 4.69) is 11.9 Å². The van der Waals surface area contributed by atoms with Crippen LogP contribution in [-0.4, -0.2) is 35.3 Å². The molecule has 2 amide bonds. The monoisotopic (exact) mass is 266 g/mol. The van der Waals surface area contributed by atoms with Gasteiger partial charge in [-0.25, -0.2) is 0 Å². The molecule has 0 aromatic carbocycles. The van der Waals surface area contributed by atoms with Crippen molar-refractivity contribution in [2.24, 2.45) is 11.3 Å². The fourth-order valence-electron chi connectivity index (χ4n) is 2.61. The second-order valence-corrected chi connectivity index (χ2v) is 6.74. The summed E-state index contributed by atoms with van der Waals surface area (Å²) in [5.41, 5.74) is -0.286. The third-order valence-corrected chi connectivity index (χ3v) is 3.31. The van der Waals surface area contributed by atoms with Gasteiger partial charge in [0.2, 0.25) is 11.8 Å². The molecule has 1 rings (SSSR count). The van der Waals surface area contributed by atoms with E-state index in [-0.39, 0.29) is 17.2 Å². The van der Waals surface area contributed by atoms with Crippen molar-refractivity contribution < 1.29 is 9.59 Å². The highest BCUT2D eigenvalue weighted by Crippen LogP contribution is 2.28. The van der Waals surface area contributed by atoms with E-state index in [1.807, 2.05) is 34.6 Å². The largest absolute Gasteiger partial charge is 0.342 e. The van der Waals surface area contributed by atoms with Crippen LogP contribution >= 0.6 is 0 Å². The SMILES string of the molecule is C=CCN1C(=O)C(CC(C)C)NC(=O)C1C(C)(C)C. The molecule has 1 aliphatic rings. The highest BCUT2D eigenvalue weighted by atomic mass is 16.2. The minimum absolute atomic E-state index is 0.00752. The van der Waals surface area contributed by atoms with E-state index >= 15 is 0 Å². The number of carbonyl (C=O) groups excluding carboxylic acids is 2. The summed E-state index contributed by atoms with van der Waals surface area (Å²) in [7, 11) is 0. The Morgan fingerprint density at radius 2 is 1.95 bits per heavy atom. The first-order valence-electron chi connectivity index (χ1n) is 6.90. The van der Waals surface area contributed by atoms with Crippen molar-refractivity contribution in [3.63, 3.8) is 0 Å². The molecule has 0 aromatic rings. The Hall–Kier alpha value is -1.32. The quantitative estimate of drug-likeness (QED) is 0.791. The molecular weight excluding hydrogens is 240 g/mol. The molecular formula is C15H26N2O2. The number of rotatable bonds is 4. The van der Waals surface area contributed by atoms with Gasteiger partial charge in [0.1, 0.15) is 12.1 Å². The van der Waals surface area contributed by atoms with E-state index in [0.717, 1.165) is 0 Å². The number of nitrogens with one attached hydrogen (secondary N) is 1. The lowest BCUT2D eigenvalue weighted by Gasteiger charge is -2.44. The van der Waals surface area contributed by atoms with Gasteiger partial charge in [0.15, 0.2) is 0 Å². The van der Waals surface area contributed by atoms with Crippen LogP contribution in [0.2, 0.25) is 0 Å². The minimum Gasteiger partial charge on any atom is -0.342 e. The van der Waals surface area contributed by atoms with Crippen molar-refractivity contribution in [2.75, 3.05) is 6.54 Å². The molecule has 2 unspecified atom stereocenters. The van der Waals surface area contributed by atoms with Crippen molar-refractivity contribution in [1.82, 2.24) is 10.2 Å². The van der Waals surface area contributed by atoms with Gasteiger partial charge in [-0.3, -0.25) is 9.59 Å². The summed E-state index contributed by atoms with van der Waals surface area (Å²) >= 11 is 0. The number of piperazine rings is 1. The molecule has 1 N–H and O–H groups in total. The van der Waals surface area contributed by atoms with Crippen LogP contribution in [0.15, 0.2) is 12.7 Å². The number of amides is 2. The Bertz CT molecular complexity index is 369. The zero-order valence-corrected chi connectivity index (χ0v) is 12.7. The van der Waals surface area contributed by atoms with Crippen LogP contribution in [0.5, 0.6) is 0 Å². The van der Waals surface area contributed by atoms with E-state index in [0.29, 0.717) is 18.9 Å². The van der Waals surface area contributed by atoms with Gasteiger partial charge < -0.3 is 10.2 Å². The second kappa shape index (κ2) is 5.76. The Morgan fingerprint density at radius 1 is 1.37 bits per heavy atom. The summed E-state index contributed by atoms with van der Waals surface area (Å²) < 4.78 is 0. The van der Waals surface area contributed by atoms with Gasteiger partial charge in [0, 0.05) is 6.54 Å². The molecule has 1 aliphatic heterocycles. The summed E-state index contributed by atoms with van der Waals surface area (Å²) in [5.74, 6) is 0.318. The molecule has 0 bridgehead atoms. The van der Waals surface area contributed by atoms with Crippen LogP contribution in [0.3, 0.4) is 0 Å². The van der Waals surface area contributed by atoms with Crippen LogP contribution in [0.1, 0.15) is 41.0 Å². The van der Waals surface area contributed by atoms with Crippen molar-refractivity contribution in [3.05, 3.63) is 12.7 Å². The first kappa shape index (κ1) is 15.7. The van der Waals surface area contributed by atoms with E-state index in [9.17, 15) is 9.59 Å². The molecule has 0 spiro atoms. The van der Waals surface area contributed by atoms with Crippen molar-refractivity contribution in [3.8, 4) is 0 Å². The van der Waals surface area contributed by atoms with Crippen LogP contribution in [0.4, 0.5) is 0 Å². The van der Waals surface area contributed by atoms with Crippen LogP contribution in [0, 0.1) is 11.3 Å². The van der Waals surface area contributed by atoms with E-state index < -0.39 is 12.1 Å². The van der Waals surface area contributed by atoms with E-state index in [4.69, 9.17) is 0 Å². The highest BCUT2D eigenvalue weighted by Gasteiger charge is 2.45. The number of nitrogens with zero attached hydrogens (tertiary/aromatic N) is 1. The minimum atomic E-state index is -0.429. The molecule has 19 heavy (non-hydrogen) atoms. The standard InChI is InChI=1S/C15H26N2O2/c1-7-8-17-12(15(4,5)6)13(18)16-11(14(17)19)9-10(2)3/h7,10-12H,1,8-9H2,2-6H3,(H,16,18). The molecule has 4 nitrogen and oxygen atoms in total. The van der Waals surface area contributed by atoms with Gasteiger partial charge in [-0.15, -0.1) is 6.58 Å². The molecule has 0 saturated carbocycles. The molecule has 2 atom stereocenters. The third-order valence-electron chi connectivity index (χ3n) is 3.31. The zero-order valence-electron chi connectivity index (χ0n) is 12.7. The van der Waals surface area contributed by atoms with Crippen LogP contribution in [-0.2, 0) is 9.59 Å². The maximum Gasteiger partial charge on any atom is 0.246 e. The average molecular weight is 266 g/mol. The second-order valence-electron chi connectivity index (χ2n) is 6.74. The van der Waals surface area contributed by atoms with Crippen molar-refractivity contribution in [2.45, 2.75) is 53.1 Å². The van der Waals surface area contributed by atoms with E-state index in [1.54, 1.807) is 11.0 Å². The average Bonchev–Trinajstić information content (AvgIpc) is 2.22. The maximum absolute atomic E-state index is 12.5. The van der Waals surface area contributed by atoms with Gasteiger partial charge in [0.05, 0.1) is 0 Å². The maximum atomic E-state index is 12.5. The number of hydrogen-bond donors (Lipinski definition) is 1. The summed E-state index contributed by atoms with van der Waals surface area (Å²) in [6.07, 6.45) is 2.36. The van der Waals surface area contributed by atoms with E-state index in [1.165, 1.54) is 0 Å². The van der Waals surface area contributed by atoms with Crippen LogP contribution < -0.4 is 5.32 Å². The first-order valence-corrected chi connectivity index (χ1v) is 6.90. The first-order chi connectivity index (χ1) is 8.68. The van der Waals surface area contributed by atoms with Gasteiger partial charge >= 0.3 is 0 Å². The van der Waals surface area contributed by atoms with Gasteiger partial charge in [0.25, 0.3) is 0 Å². The number of hydrogen-bond acceptors (Lipinski definition) is 2. The summed E-state index contributed by atoms with van der Waals surface area (Å²) in [4.78, 5) is 26.5. The fourth-order valence-corrected chi connectivity index (χ4v) is 2.61. The summed E-state index contributed by atoms with van der Waals surface area (Å²) in [5, 5.41) is 2.88. The Labute approximate surface area is 116 Å². The molecule has 108 valence electrons. The third kappa shape index (κ3) is 3.58. The molecule has 1 fully saturated rings. The normalized spacial score (nSPS) is 24.6. The number of carbonyl (C=O) groups is 2. The van der Waals surface area contributed by atoms with Gasteiger partial charge in [-0.1, -0.05) is 40.7 Å². The zero-order chi connectivity index (χ0) is 14.8. The molecule has 4 heteroatoms. The Balaban J connectivity index is 3.03. The lowest BCUT2D eigenvalue weighted by molar-refractivity contribution is -0.153. The predicted molar refractivity (Wildman–Crippen MR) is 76.5 cm³/mol. The smallest absolute Gasteiger partial charge is 0.246 e. The van der Waals surface area contributed by atoms with Crippen molar-refractivity contribution in [1.29, 1.82) is 0 Å². The Kier molecular flexibility index (Phi) is 4.77. The van der Waals surface area contributed by atoms with Crippen molar-refractivity contribution >= 4 is 11.8 Å². The summed E-state index contributed by atoms with van der Waals surface area (Å²) in [6, 6.07) is -0.826. The predicted octanol–water partition coefficient (Wildman–Crippen LogP) is 1.96. The van der Waals surface area contributed by atoms with Gasteiger partial charge in [-0.05, 0) is 17.8 Å². The Morgan fingerprint density at radius 3 is 2.37 bits per heavy atom. The molecule has 0 aromatic heterocycles. The molecule has 0 radical (unpaired) electrons. The topological polar surface area (TPSA) is 49.4 Å². The molecule has 0 aliphatic carbocycles.